The molecular formula is C17H22N2O2. The Morgan fingerprint density at radius 3 is 2.10 bits per heavy atom. The summed E-state index contributed by atoms with van der Waals surface area (Å²) in [7, 11) is 3.30. The smallest absolute Gasteiger partial charge is 0.161 e. The minimum Gasteiger partial charge on any atom is -0.493 e. The van der Waals surface area contributed by atoms with Crippen molar-refractivity contribution < 1.29 is 9.47 Å². The molecule has 0 saturated carbocycles. The van der Waals surface area contributed by atoms with Crippen molar-refractivity contribution in [1.82, 2.24) is 10.3 Å². The van der Waals surface area contributed by atoms with Crippen LogP contribution in [0, 0.1) is 0 Å². The molecule has 4 nitrogen and oxygen atoms in total. The molecule has 2 atom stereocenters. The number of hydrogen-bond acceptors (Lipinski definition) is 4. The third kappa shape index (κ3) is 3.73. The summed E-state index contributed by atoms with van der Waals surface area (Å²) >= 11 is 0. The van der Waals surface area contributed by atoms with E-state index in [1.807, 2.05) is 36.7 Å². The molecule has 1 aromatic carbocycles. The highest BCUT2D eigenvalue weighted by molar-refractivity contribution is 5.43. The van der Waals surface area contributed by atoms with Crippen LogP contribution in [0.3, 0.4) is 0 Å². The highest BCUT2D eigenvalue weighted by Crippen LogP contribution is 2.30. The van der Waals surface area contributed by atoms with Crippen LogP contribution in [-0.2, 0) is 0 Å². The van der Waals surface area contributed by atoms with E-state index in [1.165, 1.54) is 5.56 Å². The van der Waals surface area contributed by atoms with E-state index < -0.39 is 0 Å². The molecule has 1 heterocycles. The average Bonchev–Trinajstić information content (AvgIpc) is 2.54. The Bertz CT molecular complexity index is 572. The second-order valence-corrected chi connectivity index (χ2v) is 5.01. The standard InChI is InChI=1S/C17H22N2O2/c1-12(14-7-9-18-10-8-14)19-13(2)15-5-6-16(20-3)17(11-15)21-4/h5-13,19H,1-4H3/t12-,13?/m1/s1. The normalized spacial score (nSPS) is 13.5. The summed E-state index contributed by atoms with van der Waals surface area (Å²) in [6.45, 7) is 4.28. The number of nitrogens with one attached hydrogen (secondary N) is 1. The van der Waals surface area contributed by atoms with Gasteiger partial charge in [-0.05, 0) is 49.2 Å². The average molecular weight is 286 g/mol. The van der Waals surface area contributed by atoms with Crippen molar-refractivity contribution in [3.8, 4) is 11.5 Å². The van der Waals surface area contributed by atoms with Crippen LogP contribution in [0.15, 0.2) is 42.7 Å². The predicted octanol–water partition coefficient (Wildman–Crippen LogP) is 3.51. The van der Waals surface area contributed by atoms with Gasteiger partial charge in [-0.3, -0.25) is 4.98 Å². The van der Waals surface area contributed by atoms with Crippen molar-refractivity contribution >= 4 is 0 Å². The third-order valence-electron chi connectivity index (χ3n) is 3.61. The quantitative estimate of drug-likeness (QED) is 0.882. The van der Waals surface area contributed by atoms with Gasteiger partial charge in [0.25, 0.3) is 0 Å². The molecule has 0 bridgehead atoms. The highest BCUT2D eigenvalue weighted by atomic mass is 16.5. The van der Waals surface area contributed by atoms with Crippen LogP contribution in [0.5, 0.6) is 11.5 Å². The second kappa shape index (κ2) is 7.09. The minimum atomic E-state index is 0.202. The monoisotopic (exact) mass is 286 g/mol. The molecule has 2 rings (SSSR count). The molecule has 0 aliphatic rings. The zero-order valence-corrected chi connectivity index (χ0v) is 13.0. The van der Waals surface area contributed by atoms with E-state index >= 15 is 0 Å². The Morgan fingerprint density at radius 2 is 1.48 bits per heavy atom. The van der Waals surface area contributed by atoms with Crippen LogP contribution in [-0.4, -0.2) is 19.2 Å². The summed E-state index contributed by atoms with van der Waals surface area (Å²) in [4.78, 5) is 4.05. The fourth-order valence-electron chi connectivity index (χ4n) is 2.34. The van der Waals surface area contributed by atoms with Gasteiger partial charge in [-0.25, -0.2) is 0 Å². The van der Waals surface area contributed by atoms with E-state index in [0.717, 1.165) is 17.1 Å². The van der Waals surface area contributed by atoms with Crippen LogP contribution in [0.1, 0.15) is 37.1 Å². The molecule has 1 unspecified atom stereocenters. The molecule has 4 heteroatoms. The van der Waals surface area contributed by atoms with Crippen molar-refractivity contribution in [2.75, 3.05) is 14.2 Å². The maximum atomic E-state index is 5.36. The van der Waals surface area contributed by atoms with Crippen LogP contribution in [0.2, 0.25) is 0 Å². The molecule has 0 radical (unpaired) electrons. The number of benzene rings is 1. The lowest BCUT2D eigenvalue weighted by atomic mass is 10.0. The molecule has 0 spiro atoms. The van der Waals surface area contributed by atoms with Crippen molar-refractivity contribution in [3.05, 3.63) is 53.9 Å². The van der Waals surface area contributed by atoms with Gasteiger partial charge in [-0.2, -0.15) is 0 Å². The van der Waals surface area contributed by atoms with E-state index in [-0.39, 0.29) is 12.1 Å². The summed E-state index contributed by atoms with van der Waals surface area (Å²) in [6.07, 6.45) is 3.63. The Hall–Kier alpha value is -2.07. The van der Waals surface area contributed by atoms with E-state index in [9.17, 15) is 0 Å². The van der Waals surface area contributed by atoms with Gasteiger partial charge in [0.05, 0.1) is 14.2 Å². The van der Waals surface area contributed by atoms with Gasteiger partial charge in [0.1, 0.15) is 0 Å². The van der Waals surface area contributed by atoms with Gasteiger partial charge in [0, 0.05) is 24.5 Å². The number of pyridine rings is 1. The van der Waals surface area contributed by atoms with Gasteiger partial charge in [0.15, 0.2) is 11.5 Å². The lowest BCUT2D eigenvalue weighted by Crippen LogP contribution is -2.22. The van der Waals surface area contributed by atoms with Crippen molar-refractivity contribution in [2.45, 2.75) is 25.9 Å². The van der Waals surface area contributed by atoms with Gasteiger partial charge in [-0.15, -0.1) is 0 Å². The number of methoxy groups -OCH3 is 2. The van der Waals surface area contributed by atoms with Crippen LogP contribution in [0.25, 0.3) is 0 Å². The van der Waals surface area contributed by atoms with E-state index in [1.54, 1.807) is 14.2 Å². The lowest BCUT2D eigenvalue weighted by molar-refractivity contribution is 0.353. The Morgan fingerprint density at radius 1 is 0.857 bits per heavy atom. The number of ether oxygens (including phenoxy) is 2. The highest BCUT2D eigenvalue weighted by Gasteiger charge is 2.13. The number of rotatable bonds is 6. The summed E-state index contributed by atoms with van der Waals surface area (Å²) in [5.74, 6) is 1.50. The van der Waals surface area contributed by atoms with Gasteiger partial charge < -0.3 is 14.8 Å². The first-order chi connectivity index (χ1) is 10.2. The SMILES string of the molecule is COc1ccc(C(C)N[C@H](C)c2ccncc2)cc1OC. The van der Waals surface area contributed by atoms with Crippen LogP contribution in [0.4, 0.5) is 0 Å². The number of hydrogen-bond donors (Lipinski definition) is 1. The molecule has 21 heavy (non-hydrogen) atoms. The van der Waals surface area contributed by atoms with Gasteiger partial charge in [-0.1, -0.05) is 6.07 Å². The molecule has 112 valence electrons. The van der Waals surface area contributed by atoms with Crippen LogP contribution < -0.4 is 14.8 Å². The fraction of sp³-hybridized carbons (Fsp3) is 0.353. The molecule has 0 aliphatic heterocycles. The topological polar surface area (TPSA) is 43.4 Å². The Labute approximate surface area is 126 Å². The lowest BCUT2D eigenvalue weighted by Gasteiger charge is -2.21. The molecule has 1 aromatic heterocycles. The first kappa shape index (κ1) is 15.3. The van der Waals surface area contributed by atoms with Crippen molar-refractivity contribution in [2.24, 2.45) is 0 Å². The summed E-state index contributed by atoms with van der Waals surface area (Å²) in [5.41, 5.74) is 2.38. The van der Waals surface area contributed by atoms with Crippen molar-refractivity contribution in [1.29, 1.82) is 0 Å². The van der Waals surface area contributed by atoms with E-state index in [0.29, 0.717) is 0 Å². The summed E-state index contributed by atoms with van der Waals surface area (Å²) < 4.78 is 10.6. The molecule has 0 amide bonds. The van der Waals surface area contributed by atoms with E-state index in [4.69, 9.17) is 9.47 Å². The Balaban J connectivity index is 2.11. The maximum Gasteiger partial charge on any atom is 0.161 e. The number of aromatic nitrogens is 1. The molecule has 2 aromatic rings. The van der Waals surface area contributed by atoms with Crippen LogP contribution >= 0.6 is 0 Å². The first-order valence-electron chi connectivity index (χ1n) is 7.03. The molecule has 1 N–H and O–H groups in total. The van der Waals surface area contributed by atoms with Gasteiger partial charge in [0.2, 0.25) is 0 Å². The van der Waals surface area contributed by atoms with Crippen molar-refractivity contribution in [3.63, 3.8) is 0 Å². The maximum absolute atomic E-state index is 5.36. The summed E-state index contributed by atoms with van der Waals surface area (Å²) in [5, 5.41) is 3.58. The Kier molecular flexibility index (Phi) is 5.17. The molecular weight excluding hydrogens is 264 g/mol. The third-order valence-corrected chi connectivity index (χ3v) is 3.61. The molecule has 0 fully saturated rings. The molecule has 0 aliphatic carbocycles. The first-order valence-corrected chi connectivity index (χ1v) is 7.03. The second-order valence-electron chi connectivity index (χ2n) is 5.01. The fourth-order valence-corrected chi connectivity index (χ4v) is 2.34. The number of nitrogens with zero attached hydrogens (tertiary/aromatic N) is 1. The predicted molar refractivity (Wildman–Crippen MR) is 83.7 cm³/mol. The summed E-state index contributed by atoms with van der Waals surface area (Å²) in [6, 6.07) is 10.5. The largest absolute Gasteiger partial charge is 0.493 e. The van der Waals surface area contributed by atoms with E-state index in [2.05, 4.69) is 30.2 Å². The molecule has 0 saturated heterocycles. The zero-order chi connectivity index (χ0) is 15.2. The zero-order valence-electron chi connectivity index (χ0n) is 13.0. The minimum absolute atomic E-state index is 0.202. The van der Waals surface area contributed by atoms with Gasteiger partial charge >= 0.3 is 0 Å².